The van der Waals surface area contributed by atoms with Crippen LogP contribution in [0.2, 0.25) is 0 Å². The number of pyridine rings is 1. The van der Waals surface area contributed by atoms with Crippen LogP contribution in [-0.4, -0.2) is 45.8 Å². The van der Waals surface area contributed by atoms with Gasteiger partial charge in [0, 0.05) is 25.7 Å². The molecule has 7 nitrogen and oxygen atoms in total. The van der Waals surface area contributed by atoms with Crippen molar-refractivity contribution in [1.82, 2.24) is 25.0 Å². The van der Waals surface area contributed by atoms with E-state index in [0.29, 0.717) is 12.3 Å². The topological polar surface area (TPSA) is 71.8 Å². The highest BCUT2D eigenvalue weighted by Crippen LogP contribution is 2.21. The fourth-order valence-electron chi connectivity index (χ4n) is 3.08. The summed E-state index contributed by atoms with van der Waals surface area (Å²) in [5, 5.41) is 13.3. The maximum absolute atomic E-state index is 12.3. The minimum absolute atomic E-state index is 0.0704. The summed E-state index contributed by atoms with van der Waals surface area (Å²) in [4.78, 5) is 17.5. The van der Waals surface area contributed by atoms with Crippen LogP contribution in [0.15, 0.2) is 24.4 Å². The number of aromatic nitrogens is 3. The molecule has 0 saturated carbocycles. The molecule has 0 radical (unpaired) electrons. The second kappa shape index (κ2) is 7.06. The summed E-state index contributed by atoms with van der Waals surface area (Å²) in [6, 6.07) is 5.58. The summed E-state index contributed by atoms with van der Waals surface area (Å²) >= 11 is 0. The van der Waals surface area contributed by atoms with Gasteiger partial charge in [0.25, 0.3) is 0 Å². The number of hydrogen-bond donors (Lipinski definition) is 1. The number of carbonyl (C=O) groups is 1. The van der Waals surface area contributed by atoms with Gasteiger partial charge in [0.2, 0.25) is 5.91 Å². The predicted octanol–water partition coefficient (Wildman–Crippen LogP) is 1.57. The standard InChI is InChI=1S/C16H23N5O2/c1-12(16-19-18-14-5-3-4-8-21(14)16)17-15(22)11-13-6-9-20(23-2)10-7-13/h3-5,8,12-13H,6-7,9-11H2,1-2H3,(H,17,22). The Balaban J connectivity index is 1.55. The molecule has 1 aliphatic rings. The van der Waals surface area contributed by atoms with E-state index in [1.54, 1.807) is 7.11 Å². The van der Waals surface area contributed by atoms with Crippen LogP contribution < -0.4 is 5.32 Å². The van der Waals surface area contributed by atoms with Crippen LogP contribution in [-0.2, 0) is 9.63 Å². The van der Waals surface area contributed by atoms with E-state index in [4.69, 9.17) is 4.84 Å². The minimum Gasteiger partial charge on any atom is -0.346 e. The van der Waals surface area contributed by atoms with Gasteiger partial charge in [0.1, 0.15) is 0 Å². The molecule has 3 rings (SSSR count). The zero-order valence-electron chi connectivity index (χ0n) is 13.6. The van der Waals surface area contributed by atoms with Crippen LogP contribution in [0, 0.1) is 5.92 Å². The highest BCUT2D eigenvalue weighted by molar-refractivity contribution is 5.76. The van der Waals surface area contributed by atoms with Gasteiger partial charge in [-0.3, -0.25) is 9.20 Å². The summed E-state index contributed by atoms with van der Waals surface area (Å²) < 4.78 is 1.90. The average molecular weight is 317 g/mol. The molecular weight excluding hydrogens is 294 g/mol. The van der Waals surface area contributed by atoms with Crippen LogP contribution in [0.1, 0.15) is 38.1 Å². The zero-order chi connectivity index (χ0) is 16.2. The molecule has 1 amide bonds. The number of nitrogens with zero attached hydrogens (tertiary/aromatic N) is 4. The first kappa shape index (κ1) is 15.9. The molecule has 23 heavy (non-hydrogen) atoms. The van der Waals surface area contributed by atoms with E-state index >= 15 is 0 Å². The molecule has 0 aromatic carbocycles. The van der Waals surface area contributed by atoms with Gasteiger partial charge in [-0.05, 0) is 37.8 Å². The third-order valence-electron chi connectivity index (χ3n) is 4.41. The Morgan fingerprint density at radius 3 is 2.91 bits per heavy atom. The molecule has 1 N–H and O–H groups in total. The SMILES string of the molecule is CON1CCC(CC(=O)NC(C)c2nnc3ccccn23)CC1. The molecule has 1 aliphatic heterocycles. The van der Waals surface area contributed by atoms with Crippen LogP contribution in [0.5, 0.6) is 0 Å². The van der Waals surface area contributed by atoms with Gasteiger partial charge < -0.3 is 10.2 Å². The molecule has 0 bridgehead atoms. The Morgan fingerprint density at radius 1 is 1.39 bits per heavy atom. The van der Waals surface area contributed by atoms with Gasteiger partial charge in [0.15, 0.2) is 11.5 Å². The van der Waals surface area contributed by atoms with E-state index < -0.39 is 0 Å². The molecule has 0 spiro atoms. The molecule has 3 heterocycles. The van der Waals surface area contributed by atoms with E-state index in [-0.39, 0.29) is 11.9 Å². The number of nitrogens with one attached hydrogen (secondary N) is 1. The van der Waals surface area contributed by atoms with E-state index in [1.807, 2.05) is 40.8 Å². The number of piperidine rings is 1. The lowest BCUT2D eigenvalue weighted by Crippen LogP contribution is -2.36. The molecule has 2 aromatic rings. The van der Waals surface area contributed by atoms with Gasteiger partial charge in [0.05, 0.1) is 13.2 Å². The maximum atomic E-state index is 12.3. The lowest BCUT2D eigenvalue weighted by Gasteiger charge is -2.29. The normalized spacial score (nSPS) is 18.2. The summed E-state index contributed by atoms with van der Waals surface area (Å²) in [6.07, 6.45) is 4.44. The zero-order valence-corrected chi connectivity index (χ0v) is 13.6. The lowest BCUT2D eigenvalue weighted by atomic mass is 9.94. The molecule has 0 aliphatic carbocycles. The van der Waals surface area contributed by atoms with E-state index in [0.717, 1.165) is 37.4 Å². The number of fused-ring (bicyclic) bond motifs is 1. The van der Waals surface area contributed by atoms with Crippen molar-refractivity contribution in [3.63, 3.8) is 0 Å². The maximum Gasteiger partial charge on any atom is 0.220 e. The highest BCUT2D eigenvalue weighted by atomic mass is 16.7. The number of amides is 1. The largest absolute Gasteiger partial charge is 0.346 e. The molecule has 1 unspecified atom stereocenters. The Morgan fingerprint density at radius 2 is 2.17 bits per heavy atom. The first-order valence-electron chi connectivity index (χ1n) is 8.05. The molecule has 1 atom stereocenters. The summed E-state index contributed by atoms with van der Waals surface area (Å²) in [7, 11) is 1.69. The Hall–Kier alpha value is -1.99. The van der Waals surface area contributed by atoms with E-state index in [9.17, 15) is 4.79 Å². The monoisotopic (exact) mass is 317 g/mol. The number of hydrogen-bond acceptors (Lipinski definition) is 5. The van der Waals surface area contributed by atoms with Gasteiger partial charge in [-0.1, -0.05) is 6.07 Å². The van der Waals surface area contributed by atoms with Gasteiger partial charge in [-0.25, -0.2) is 0 Å². The highest BCUT2D eigenvalue weighted by Gasteiger charge is 2.23. The van der Waals surface area contributed by atoms with Gasteiger partial charge in [-0.15, -0.1) is 10.2 Å². The molecule has 124 valence electrons. The second-order valence-corrected chi connectivity index (χ2v) is 6.04. The first-order chi connectivity index (χ1) is 11.2. The van der Waals surface area contributed by atoms with Crippen molar-refractivity contribution in [3.05, 3.63) is 30.2 Å². The fourth-order valence-corrected chi connectivity index (χ4v) is 3.08. The number of hydroxylamine groups is 2. The molecule has 7 heteroatoms. The van der Waals surface area contributed by atoms with Crippen LogP contribution >= 0.6 is 0 Å². The van der Waals surface area contributed by atoms with Crippen LogP contribution in [0.4, 0.5) is 0 Å². The summed E-state index contributed by atoms with van der Waals surface area (Å²) in [5.74, 6) is 1.24. The Bertz CT molecular complexity index is 663. The van der Waals surface area contributed by atoms with Gasteiger partial charge >= 0.3 is 0 Å². The Labute approximate surface area is 135 Å². The molecule has 1 saturated heterocycles. The lowest BCUT2D eigenvalue weighted by molar-refractivity contribution is -0.150. The fraction of sp³-hybridized carbons (Fsp3) is 0.562. The van der Waals surface area contributed by atoms with Crippen molar-refractivity contribution in [2.45, 2.75) is 32.2 Å². The van der Waals surface area contributed by atoms with E-state index in [1.165, 1.54) is 0 Å². The molecular formula is C16H23N5O2. The van der Waals surface area contributed by atoms with Crippen molar-refractivity contribution in [3.8, 4) is 0 Å². The van der Waals surface area contributed by atoms with Crippen molar-refractivity contribution < 1.29 is 9.63 Å². The van der Waals surface area contributed by atoms with Crippen LogP contribution in [0.3, 0.4) is 0 Å². The number of carbonyl (C=O) groups excluding carboxylic acids is 1. The van der Waals surface area contributed by atoms with E-state index in [2.05, 4.69) is 15.5 Å². The van der Waals surface area contributed by atoms with Crippen molar-refractivity contribution >= 4 is 11.6 Å². The van der Waals surface area contributed by atoms with Gasteiger partial charge in [-0.2, -0.15) is 5.06 Å². The molecule has 2 aromatic heterocycles. The predicted molar refractivity (Wildman–Crippen MR) is 85.5 cm³/mol. The summed E-state index contributed by atoms with van der Waals surface area (Å²) in [5.41, 5.74) is 0.788. The smallest absolute Gasteiger partial charge is 0.220 e. The molecule has 1 fully saturated rings. The third kappa shape index (κ3) is 3.68. The Kier molecular flexibility index (Phi) is 4.88. The van der Waals surface area contributed by atoms with Crippen LogP contribution in [0.25, 0.3) is 5.65 Å². The van der Waals surface area contributed by atoms with Crippen molar-refractivity contribution in [2.24, 2.45) is 5.92 Å². The number of rotatable bonds is 5. The minimum atomic E-state index is -0.168. The third-order valence-corrected chi connectivity index (χ3v) is 4.41. The van der Waals surface area contributed by atoms with Crippen molar-refractivity contribution in [2.75, 3.05) is 20.2 Å². The quantitative estimate of drug-likeness (QED) is 0.906. The summed E-state index contributed by atoms with van der Waals surface area (Å²) in [6.45, 7) is 3.71. The average Bonchev–Trinajstić information content (AvgIpc) is 2.99. The van der Waals surface area contributed by atoms with Crippen molar-refractivity contribution in [1.29, 1.82) is 0 Å². The second-order valence-electron chi connectivity index (χ2n) is 6.04. The first-order valence-corrected chi connectivity index (χ1v) is 8.05.